The SMILES string of the molecule is COc1ccc(-n2c(SCC(=O)/C(C#N)=C(\C)N)nc3sc4c(c3c2=O)CCCS4)cc1. The van der Waals surface area contributed by atoms with Gasteiger partial charge in [-0.15, -0.1) is 23.1 Å². The van der Waals surface area contributed by atoms with Crippen molar-refractivity contribution in [3.8, 4) is 17.5 Å². The fourth-order valence-electron chi connectivity index (χ4n) is 3.45. The summed E-state index contributed by atoms with van der Waals surface area (Å²) in [6, 6.07) is 8.99. The number of Topliss-reactive ketones (excluding diaryl/α,β-unsaturated/α-hetero) is 1. The Morgan fingerprint density at radius 1 is 1.38 bits per heavy atom. The van der Waals surface area contributed by atoms with E-state index in [9.17, 15) is 14.9 Å². The van der Waals surface area contributed by atoms with Crippen molar-refractivity contribution in [3.05, 3.63) is 51.5 Å². The fraction of sp³-hybridized carbons (Fsp3) is 0.273. The van der Waals surface area contributed by atoms with Crippen LogP contribution in [0.5, 0.6) is 5.75 Å². The second-order valence-electron chi connectivity index (χ2n) is 7.11. The highest BCUT2D eigenvalue weighted by Gasteiger charge is 2.24. The molecule has 0 atom stereocenters. The van der Waals surface area contributed by atoms with Gasteiger partial charge in [-0.1, -0.05) is 11.8 Å². The minimum Gasteiger partial charge on any atom is -0.497 e. The lowest BCUT2D eigenvalue weighted by atomic mass is 10.1. The summed E-state index contributed by atoms with van der Waals surface area (Å²) >= 11 is 4.41. The van der Waals surface area contributed by atoms with Gasteiger partial charge in [0.1, 0.15) is 22.2 Å². The van der Waals surface area contributed by atoms with Crippen LogP contribution >= 0.6 is 34.9 Å². The number of benzene rings is 1. The van der Waals surface area contributed by atoms with Gasteiger partial charge in [-0.2, -0.15) is 5.26 Å². The number of carbonyl (C=O) groups is 1. The van der Waals surface area contributed by atoms with Gasteiger partial charge in [-0.05, 0) is 55.3 Å². The van der Waals surface area contributed by atoms with E-state index in [4.69, 9.17) is 15.5 Å². The largest absolute Gasteiger partial charge is 0.497 e. The van der Waals surface area contributed by atoms with Gasteiger partial charge in [0.2, 0.25) is 0 Å². The predicted octanol–water partition coefficient (Wildman–Crippen LogP) is 3.91. The maximum atomic E-state index is 13.7. The van der Waals surface area contributed by atoms with Crippen molar-refractivity contribution in [2.24, 2.45) is 5.73 Å². The Bertz CT molecular complexity index is 1330. The monoisotopic (exact) mass is 484 g/mol. The van der Waals surface area contributed by atoms with Gasteiger partial charge >= 0.3 is 0 Å². The molecule has 32 heavy (non-hydrogen) atoms. The third kappa shape index (κ3) is 4.16. The van der Waals surface area contributed by atoms with E-state index in [1.807, 2.05) is 6.07 Å². The number of ketones is 1. The van der Waals surface area contributed by atoms with Crippen LogP contribution in [0.25, 0.3) is 15.9 Å². The Morgan fingerprint density at radius 2 is 2.12 bits per heavy atom. The second-order valence-corrected chi connectivity index (χ2v) is 10.4. The molecule has 3 aromatic rings. The zero-order valence-electron chi connectivity index (χ0n) is 17.5. The van der Waals surface area contributed by atoms with Crippen molar-refractivity contribution in [2.75, 3.05) is 18.6 Å². The molecule has 2 aromatic heterocycles. The molecule has 0 saturated heterocycles. The highest BCUT2D eigenvalue weighted by molar-refractivity contribution is 8.01. The Morgan fingerprint density at radius 3 is 2.78 bits per heavy atom. The van der Waals surface area contributed by atoms with E-state index in [1.165, 1.54) is 22.8 Å². The first kappa shape index (κ1) is 22.5. The van der Waals surface area contributed by atoms with Crippen molar-refractivity contribution in [1.82, 2.24) is 9.55 Å². The number of nitriles is 1. The number of rotatable bonds is 6. The van der Waals surface area contributed by atoms with E-state index in [-0.39, 0.29) is 22.6 Å². The zero-order chi connectivity index (χ0) is 22.8. The van der Waals surface area contributed by atoms with E-state index >= 15 is 0 Å². The van der Waals surface area contributed by atoms with Crippen molar-refractivity contribution in [2.45, 2.75) is 29.1 Å². The van der Waals surface area contributed by atoms with Crippen LogP contribution in [0.4, 0.5) is 0 Å². The summed E-state index contributed by atoms with van der Waals surface area (Å²) in [5, 5.41) is 10.3. The molecule has 0 saturated carbocycles. The third-order valence-corrected chi connectivity index (χ3v) is 8.47. The lowest BCUT2D eigenvalue weighted by molar-refractivity contribution is -0.112. The van der Waals surface area contributed by atoms with Gasteiger partial charge in [0.15, 0.2) is 10.9 Å². The van der Waals surface area contributed by atoms with E-state index in [0.29, 0.717) is 26.8 Å². The summed E-state index contributed by atoms with van der Waals surface area (Å²) < 4.78 is 7.92. The summed E-state index contributed by atoms with van der Waals surface area (Å²) in [6.45, 7) is 1.52. The quantitative estimate of drug-likeness (QED) is 0.243. The number of thioether (sulfide) groups is 2. The number of hydrogen-bond donors (Lipinski definition) is 1. The molecule has 1 aromatic carbocycles. The maximum Gasteiger partial charge on any atom is 0.267 e. The number of thiophene rings is 1. The van der Waals surface area contributed by atoms with Crippen molar-refractivity contribution in [3.63, 3.8) is 0 Å². The maximum absolute atomic E-state index is 13.7. The molecule has 0 fully saturated rings. The minimum absolute atomic E-state index is 0.0502. The van der Waals surface area contributed by atoms with E-state index in [1.54, 1.807) is 43.1 Å². The third-order valence-electron chi connectivity index (χ3n) is 5.01. The molecule has 1 aliphatic rings. The molecule has 7 nitrogen and oxygen atoms in total. The molecule has 0 aliphatic carbocycles. The smallest absolute Gasteiger partial charge is 0.267 e. The molecule has 10 heteroatoms. The molecule has 0 radical (unpaired) electrons. The first-order chi connectivity index (χ1) is 15.4. The number of carbonyl (C=O) groups excluding carboxylic acids is 1. The number of ether oxygens (including phenoxy) is 1. The van der Waals surface area contributed by atoms with Crippen LogP contribution in [0.2, 0.25) is 0 Å². The van der Waals surface area contributed by atoms with Crippen molar-refractivity contribution >= 4 is 50.9 Å². The summed E-state index contributed by atoms with van der Waals surface area (Å²) in [5.74, 6) is 1.26. The van der Waals surface area contributed by atoms with E-state index < -0.39 is 5.78 Å². The molecule has 3 heterocycles. The number of aromatic nitrogens is 2. The van der Waals surface area contributed by atoms with Crippen LogP contribution in [0, 0.1) is 11.3 Å². The van der Waals surface area contributed by atoms with Crippen LogP contribution in [0.15, 0.2) is 49.7 Å². The number of aryl methyl sites for hydroxylation is 1. The van der Waals surface area contributed by atoms with Crippen LogP contribution in [-0.2, 0) is 11.2 Å². The number of nitrogens with zero attached hydrogens (tertiary/aromatic N) is 3. The lowest BCUT2D eigenvalue weighted by Crippen LogP contribution is -2.22. The average Bonchev–Trinajstić information content (AvgIpc) is 3.17. The van der Waals surface area contributed by atoms with Gasteiger partial charge in [-0.25, -0.2) is 4.98 Å². The summed E-state index contributed by atoms with van der Waals surface area (Å²) in [7, 11) is 1.58. The lowest BCUT2D eigenvalue weighted by Gasteiger charge is -2.13. The average molecular weight is 485 g/mol. The number of hydrogen-bond acceptors (Lipinski definition) is 9. The predicted molar refractivity (Wildman–Crippen MR) is 129 cm³/mol. The summed E-state index contributed by atoms with van der Waals surface area (Å²) in [4.78, 5) is 31.7. The number of allylic oxidation sites excluding steroid dienone is 2. The fourth-order valence-corrected chi connectivity index (χ4v) is 6.91. The van der Waals surface area contributed by atoms with Gasteiger partial charge in [-0.3, -0.25) is 14.2 Å². The van der Waals surface area contributed by atoms with Crippen molar-refractivity contribution in [1.29, 1.82) is 5.26 Å². The number of nitrogens with two attached hydrogens (primary N) is 1. The molecule has 2 N–H and O–H groups in total. The molecule has 0 spiro atoms. The number of methoxy groups -OCH3 is 1. The van der Waals surface area contributed by atoms with Gasteiger partial charge in [0, 0.05) is 5.70 Å². The summed E-state index contributed by atoms with van der Waals surface area (Å²) in [6.07, 6.45) is 1.89. The van der Waals surface area contributed by atoms with Gasteiger partial charge in [0.25, 0.3) is 5.56 Å². The standard InChI is InChI=1S/C22H20N4O3S3/c1-12(24)16(10-23)17(27)11-31-22-25-19-18(15-4-3-9-30-21(15)32-19)20(28)26(22)13-5-7-14(29-2)8-6-13/h5-8H,3-4,9,11,24H2,1-2H3/b16-12+. The molecule has 0 unspecified atom stereocenters. The minimum atomic E-state index is -0.394. The first-order valence-corrected chi connectivity index (χ1v) is 12.6. The molecular weight excluding hydrogens is 464 g/mol. The van der Waals surface area contributed by atoms with Crippen molar-refractivity contribution < 1.29 is 9.53 Å². The molecule has 4 rings (SSSR count). The molecular formula is C22H20N4O3S3. The topological polar surface area (TPSA) is 111 Å². The normalized spacial score (nSPS) is 13.9. The van der Waals surface area contributed by atoms with E-state index in [0.717, 1.165) is 40.1 Å². The molecule has 1 aliphatic heterocycles. The van der Waals surface area contributed by atoms with Crippen LogP contribution in [-0.4, -0.2) is 33.9 Å². The Labute approximate surface area is 197 Å². The second kappa shape index (κ2) is 9.40. The Kier molecular flexibility index (Phi) is 6.60. The van der Waals surface area contributed by atoms with Gasteiger partial charge < -0.3 is 10.5 Å². The number of fused-ring (bicyclic) bond motifs is 3. The molecule has 164 valence electrons. The van der Waals surface area contributed by atoms with Crippen LogP contribution < -0.4 is 16.0 Å². The highest BCUT2D eigenvalue weighted by atomic mass is 32.2. The van der Waals surface area contributed by atoms with E-state index in [2.05, 4.69) is 0 Å². The van der Waals surface area contributed by atoms with Crippen LogP contribution in [0.3, 0.4) is 0 Å². The Hall–Kier alpha value is -2.74. The first-order valence-electron chi connectivity index (χ1n) is 9.82. The summed E-state index contributed by atoms with van der Waals surface area (Å²) in [5.41, 5.74) is 7.33. The highest BCUT2D eigenvalue weighted by Crippen LogP contribution is 2.41. The molecule has 0 amide bonds. The molecule has 0 bridgehead atoms. The zero-order valence-corrected chi connectivity index (χ0v) is 20.0. The Balaban J connectivity index is 1.84. The van der Waals surface area contributed by atoms with Crippen LogP contribution in [0.1, 0.15) is 18.9 Å². The van der Waals surface area contributed by atoms with Gasteiger partial charge in [0.05, 0.1) is 28.1 Å².